The summed E-state index contributed by atoms with van der Waals surface area (Å²) in [5, 5.41) is 1.40. The van der Waals surface area contributed by atoms with Gasteiger partial charge in [-0.15, -0.1) is 0 Å². The maximum absolute atomic E-state index is 13.1. The van der Waals surface area contributed by atoms with Crippen LogP contribution in [0.15, 0.2) is 60.7 Å². The fraction of sp³-hybridized carbons (Fsp3) is 0.143. The Morgan fingerprint density at radius 2 is 1.33 bits per heavy atom. The Morgan fingerprint density at radius 1 is 0.889 bits per heavy atom. The Hall–Kier alpha value is -1.41. The molecule has 0 radical (unpaired) electrons. The average Bonchev–Trinajstić information content (AvgIpc) is 2.46. The van der Waals surface area contributed by atoms with Gasteiger partial charge in [-0.25, -0.2) is 0 Å². The molecule has 0 unspecified atom stereocenters. The number of nitrogens with two attached hydrogens (primary N) is 1. The van der Waals surface area contributed by atoms with Gasteiger partial charge in [-0.2, -0.15) is 0 Å². The van der Waals surface area contributed by atoms with E-state index in [0.717, 1.165) is 0 Å². The van der Waals surface area contributed by atoms with E-state index in [9.17, 15) is 4.57 Å². The maximum atomic E-state index is 13.1. The zero-order chi connectivity index (χ0) is 12.8. The van der Waals surface area contributed by atoms with Gasteiger partial charge < -0.3 is 10.3 Å². The number of rotatable bonds is 5. The third-order valence-corrected chi connectivity index (χ3v) is 5.09. The molecule has 94 valence electrons. The summed E-state index contributed by atoms with van der Waals surface area (Å²) < 4.78 is 18.7. The first-order chi connectivity index (χ1) is 8.77. The SMILES string of the molecule is NCCOP(=O)(c1ccccc1)c1ccccc1. The fourth-order valence-corrected chi connectivity index (χ4v) is 3.82. The average molecular weight is 261 g/mol. The Labute approximate surface area is 107 Å². The summed E-state index contributed by atoms with van der Waals surface area (Å²) in [7, 11) is -3.02. The van der Waals surface area contributed by atoms with Crippen LogP contribution in [0.25, 0.3) is 0 Å². The van der Waals surface area contributed by atoms with Gasteiger partial charge in [0.15, 0.2) is 0 Å². The zero-order valence-corrected chi connectivity index (χ0v) is 10.9. The zero-order valence-electron chi connectivity index (χ0n) is 10.0. The van der Waals surface area contributed by atoms with Crippen LogP contribution in [0.4, 0.5) is 0 Å². The molecule has 18 heavy (non-hydrogen) atoms. The molecule has 2 rings (SSSR count). The second-order valence-electron chi connectivity index (χ2n) is 3.84. The Kier molecular flexibility index (Phi) is 4.32. The van der Waals surface area contributed by atoms with Gasteiger partial charge in [0.1, 0.15) is 0 Å². The molecule has 2 aromatic carbocycles. The minimum absolute atomic E-state index is 0.279. The standard InChI is InChI=1S/C14H16NO2P/c15-11-12-17-18(16,13-7-3-1-4-8-13)14-9-5-2-6-10-14/h1-10H,11-12,15H2. The van der Waals surface area contributed by atoms with Gasteiger partial charge in [0.25, 0.3) is 7.37 Å². The summed E-state index contributed by atoms with van der Waals surface area (Å²) in [4.78, 5) is 0. The molecule has 0 aliphatic heterocycles. The highest BCUT2D eigenvalue weighted by Crippen LogP contribution is 2.44. The van der Waals surface area contributed by atoms with Crippen molar-refractivity contribution >= 4 is 18.0 Å². The van der Waals surface area contributed by atoms with E-state index in [1.54, 1.807) is 0 Å². The predicted molar refractivity (Wildman–Crippen MR) is 74.8 cm³/mol. The quantitative estimate of drug-likeness (QED) is 0.836. The Bertz CT molecular complexity index is 485. The monoisotopic (exact) mass is 261 g/mol. The lowest BCUT2D eigenvalue weighted by Crippen LogP contribution is -2.20. The molecule has 3 nitrogen and oxygen atoms in total. The lowest BCUT2D eigenvalue weighted by atomic mass is 10.4. The van der Waals surface area contributed by atoms with Crippen molar-refractivity contribution in [1.82, 2.24) is 0 Å². The molecule has 0 atom stereocenters. The molecule has 0 spiro atoms. The van der Waals surface area contributed by atoms with Crippen LogP contribution in [0.5, 0.6) is 0 Å². The van der Waals surface area contributed by atoms with Crippen molar-refractivity contribution in [3.05, 3.63) is 60.7 Å². The Morgan fingerprint density at radius 3 is 1.72 bits per heavy atom. The summed E-state index contributed by atoms with van der Waals surface area (Å²) in [6, 6.07) is 18.5. The molecule has 2 aromatic rings. The molecule has 4 heteroatoms. The number of benzene rings is 2. The molecular weight excluding hydrogens is 245 g/mol. The lowest BCUT2D eigenvalue weighted by Gasteiger charge is -2.18. The van der Waals surface area contributed by atoms with Gasteiger partial charge >= 0.3 is 0 Å². The summed E-state index contributed by atoms with van der Waals surface area (Å²) in [5.41, 5.74) is 5.45. The van der Waals surface area contributed by atoms with E-state index in [1.165, 1.54) is 0 Å². The van der Waals surface area contributed by atoms with Crippen molar-refractivity contribution in [2.75, 3.05) is 13.2 Å². The minimum Gasteiger partial charge on any atom is -0.328 e. The van der Waals surface area contributed by atoms with E-state index in [1.807, 2.05) is 60.7 Å². The smallest absolute Gasteiger partial charge is 0.261 e. The third-order valence-electron chi connectivity index (χ3n) is 2.58. The largest absolute Gasteiger partial charge is 0.328 e. The molecular formula is C14H16NO2P. The van der Waals surface area contributed by atoms with Crippen LogP contribution in [0.3, 0.4) is 0 Å². The second-order valence-corrected chi connectivity index (χ2v) is 6.24. The van der Waals surface area contributed by atoms with Gasteiger partial charge in [0, 0.05) is 17.2 Å². The molecule has 0 bridgehead atoms. The van der Waals surface area contributed by atoms with Crippen LogP contribution >= 0.6 is 7.37 Å². The Balaban J connectivity index is 2.45. The van der Waals surface area contributed by atoms with Gasteiger partial charge in [0.05, 0.1) is 6.61 Å². The molecule has 0 aliphatic carbocycles. The molecule has 2 N–H and O–H groups in total. The van der Waals surface area contributed by atoms with E-state index in [4.69, 9.17) is 10.3 Å². The minimum atomic E-state index is -3.02. The molecule has 0 saturated heterocycles. The van der Waals surface area contributed by atoms with E-state index in [2.05, 4.69) is 0 Å². The first-order valence-electron chi connectivity index (χ1n) is 5.83. The molecule has 0 amide bonds. The van der Waals surface area contributed by atoms with Gasteiger partial charge in [0.2, 0.25) is 0 Å². The predicted octanol–water partition coefficient (Wildman–Crippen LogP) is 1.89. The van der Waals surface area contributed by atoms with Crippen molar-refractivity contribution in [3.63, 3.8) is 0 Å². The molecule has 0 aliphatic rings. The van der Waals surface area contributed by atoms with E-state index >= 15 is 0 Å². The summed E-state index contributed by atoms with van der Waals surface area (Å²) in [6.45, 7) is 0.630. The highest BCUT2D eigenvalue weighted by Gasteiger charge is 2.27. The van der Waals surface area contributed by atoms with Crippen LogP contribution in [-0.2, 0) is 9.09 Å². The fourth-order valence-electron chi connectivity index (χ4n) is 1.73. The van der Waals surface area contributed by atoms with Crippen molar-refractivity contribution in [2.24, 2.45) is 5.73 Å². The van der Waals surface area contributed by atoms with Crippen molar-refractivity contribution in [3.8, 4) is 0 Å². The van der Waals surface area contributed by atoms with Crippen LogP contribution < -0.4 is 16.3 Å². The molecule has 0 saturated carbocycles. The third kappa shape index (κ3) is 2.70. The highest BCUT2D eigenvalue weighted by atomic mass is 31.2. The normalized spacial score (nSPS) is 11.4. The van der Waals surface area contributed by atoms with Crippen molar-refractivity contribution < 1.29 is 9.09 Å². The van der Waals surface area contributed by atoms with Gasteiger partial charge in [-0.3, -0.25) is 4.57 Å². The van der Waals surface area contributed by atoms with Crippen LogP contribution in [-0.4, -0.2) is 13.2 Å². The maximum Gasteiger partial charge on any atom is 0.261 e. The molecule has 0 heterocycles. The second kappa shape index (κ2) is 5.96. The van der Waals surface area contributed by atoms with Crippen molar-refractivity contribution in [1.29, 1.82) is 0 Å². The number of hydrogen-bond acceptors (Lipinski definition) is 3. The van der Waals surface area contributed by atoms with Gasteiger partial charge in [-0.05, 0) is 24.3 Å². The lowest BCUT2D eigenvalue weighted by molar-refractivity contribution is 0.336. The highest BCUT2D eigenvalue weighted by molar-refractivity contribution is 7.74. The summed E-state index contributed by atoms with van der Waals surface area (Å²) >= 11 is 0. The van der Waals surface area contributed by atoms with E-state index in [-0.39, 0.29) is 6.61 Å². The van der Waals surface area contributed by atoms with Crippen LogP contribution in [0.2, 0.25) is 0 Å². The van der Waals surface area contributed by atoms with E-state index < -0.39 is 7.37 Å². The van der Waals surface area contributed by atoms with Crippen LogP contribution in [0, 0.1) is 0 Å². The summed E-state index contributed by atoms with van der Waals surface area (Å²) in [5.74, 6) is 0. The summed E-state index contributed by atoms with van der Waals surface area (Å²) in [6.07, 6.45) is 0. The van der Waals surface area contributed by atoms with Crippen LogP contribution in [0.1, 0.15) is 0 Å². The first-order valence-corrected chi connectivity index (χ1v) is 7.46. The van der Waals surface area contributed by atoms with Crippen molar-refractivity contribution in [2.45, 2.75) is 0 Å². The molecule has 0 fully saturated rings. The first kappa shape index (κ1) is 13.0. The van der Waals surface area contributed by atoms with Gasteiger partial charge in [-0.1, -0.05) is 36.4 Å². The molecule has 0 aromatic heterocycles. The number of hydrogen-bond donors (Lipinski definition) is 1. The topological polar surface area (TPSA) is 52.3 Å². The van der Waals surface area contributed by atoms with E-state index in [0.29, 0.717) is 17.2 Å².